The number of amides is 5. The molecule has 2 aromatic rings. The quantitative estimate of drug-likeness (QED) is 0.0384. The first kappa shape index (κ1) is 49.4. The molecule has 0 radical (unpaired) electrons. The van der Waals surface area contributed by atoms with Gasteiger partial charge in [-0.2, -0.15) is 0 Å². The van der Waals surface area contributed by atoms with Gasteiger partial charge in [0.1, 0.15) is 30.2 Å². The molecule has 6 atom stereocenters. The van der Waals surface area contributed by atoms with Gasteiger partial charge >= 0.3 is 5.97 Å². The third-order valence-electron chi connectivity index (χ3n) is 10.5. The minimum absolute atomic E-state index is 0.0229. The molecule has 1 fully saturated rings. The van der Waals surface area contributed by atoms with Crippen molar-refractivity contribution >= 4 is 58.3 Å². The lowest BCUT2D eigenvalue weighted by Gasteiger charge is -2.33. The molecule has 15 N–H and O–H groups in total. The van der Waals surface area contributed by atoms with Gasteiger partial charge in [0.15, 0.2) is 11.9 Å². The fourth-order valence-electron chi connectivity index (χ4n) is 7.34. The average molecular weight is 854 g/mol. The Morgan fingerprint density at radius 2 is 1.44 bits per heavy atom. The Morgan fingerprint density at radius 3 is 2.02 bits per heavy atom. The van der Waals surface area contributed by atoms with Crippen LogP contribution in [0.3, 0.4) is 0 Å². The van der Waals surface area contributed by atoms with Crippen LogP contribution < -0.4 is 49.5 Å². The Balaban J connectivity index is 1.91. The fourth-order valence-corrected chi connectivity index (χ4v) is 7.34. The number of fused-ring (bicyclic) bond motifs is 1. The molecular formula is C41H67N13O7. The lowest BCUT2D eigenvalue weighted by atomic mass is 9.85. The van der Waals surface area contributed by atoms with E-state index in [9.17, 15) is 33.9 Å². The maximum atomic E-state index is 14.4. The molecule has 1 unspecified atom stereocenters. The molecule has 1 aliphatic rings. The SMILES string of the molecule is CN[C@@H](CCCN=C(N)N)C(=O)NC(CCCN=C(N)N)C(=O)N1CCC[C@H]1C(=O)N[C@@H](Cc1cccc2[nH]ccc12)C(=O)N[C@H](C(=O)N[C@@H](CC(C)C)C(=O)O)C(C)(C)C. The van der Waals surface area contributed by atoms with Crippen LogP contribution in [0.25, 0.3) is 10.9 Å². The maximum Gasteiger partial charge on any atom is 0.326 e. The first-order valence-corrected chi connectivity index (χ1v) is 20.8. The number of aliphatic imine (C=N–C) groups is 2. The Bertz CT molecular complexity index is 1880. The van der Waals surface area contributed by atoms with E-state index in [1.807, 2.05) is 38.1 Å². The molecule has 20 heteroatoms. The van der Waals surface area contributed by atoms with E-state index >= 15 is 0 Å². The molecule has 1 aromatic heterocycles. The van der Waals surface area contributed by atoms with E-state index in [0.29, 0.717) is 32.2 Å². The number of hydrogen-bond acceptors (Lipinski definition) is 9. The minimum Gasteiger partial charge on any atom is -0.480 e. The number of rotatable bonds is 23. The highest BCUT2D eigenvalue weighted by molar-refractivity contribution is 5.97. The van der Waals surface area contributed by atoms with Gasteiger partial charge in [-0.3, -0.25) is 34.0 Å². The summed E-state index contributed by atoms with van der Waals surface area (Å²) in [7, 11) is 1.63. The van der Waals surface area contributed by atoms with Crippen molar-refractivity contribution in [2.24, 2.45) is 44.3 Å². The smallest absolute Gasteiger partial charge is 0.326 e. The summed E-state index contributed by atoms with van der Waals surface area (Å²) < 4.78 is 0. The number of nitrogens with zero attached hydrogens (tertiary/aromatic N) is 3. The van der Waals surface area contributed by atoms with Gasteiger partial charge in [-0.15, -0.1) is 0 Å². The second-order valence-electron chi connectivity index (χ2n) is 16.9. The number of likely N-dealkylation sites (tertiary alicyclic amines) is 1. The van der Waals surface area contributed by atoms with Crippen LogP contribution in [0.5, 0.6) is 0 Å². The third kappa shape index (κ3) is 15.2. The third-order valence-corrected chi connectivity index (χ3v) is 10.5. The number of benzene rings is 1. The number of H-pyrrole nitrogens is 1. The summed E-state index contributed by atoms with van der Waals surface area (Å²) in [4.78, 5) is 94.9. The van der Waals surface area contributed by atoms with Gasteiger partial charge in [0, 0.05) is 43.2 Å². The zero-order chi connectivity index (χ0) is 45.4. The van der Waals surface area contributed by atoms with Gasteiger partial charge in [0.25, 0.3) is 0 Å². The predicted molar refractivity (Wildman–Crippen MR) is 234 cm³/mol. The van der Waals surface area contributed by atoms with Crippen LogP contribution in [0.1, 0.15) is 85.1 Å². The Morgan fingerprint density at radius 1 is 0.836 bits per heavy atom. The lowest BCUT2D eigenvalue weighted by molar-refractivity contribution is -0.143. The van der Waals surface area contributed by atoms with Gasteiger partial charge in [-0.1, -0.05) is 46.8 Å². The van der Waals surface area contributed by atoms with Crippen molar-refractivity contribution in [1.29, 1.82) is 0 Å². The van der Waals surface area contributed by atoms with Crippen LogP contribution in [-0.4, -0.2) is 125 Å². The number of carbonyl (C=O) groups is 6. The summed E-state index contributed by atoms with van der Waals surface area (Å²) in [6, 6.07) is 1.10. The van der Waals surface area contributed by atoms with Crippen molar-refractivity contribution in [2.45, 2.75) is 122 Å². The van der Waals surface area contributed by atoms with Crippen LogP contribution in [0.4, 0.5) is 0 Å². The minimum atomic E-state index is -1.22. The molecule has 1 aliphatic heterocycles. The molecule has 0 aliphatic carbocycles. The van der Waals surface area contributed by atoms with Crippen LogP contribution in [0.15, 0.2) is 40.4 Å². The molecule has 5 amide bonds. The fraction of sp³-hybridized carbons (Fsp3) is 0.610. The van der Waals surface area contributed by atoms with Crippen LogP contribution in [0, 0.1) is 11.3 Å². The molecule has 0 bridgehead atoms. The average Bonchev–Trinajstić information content (AvgIpc) is 3.87. The summed E-state index contributed by atoms with van der Waals surface area (Å²) >= 11 is 0. The van der Waals surface area contributed by atoms with Crippen LogP contribution in [0.2, 0.25) is 0 Å². The first-order valence-electron chi connectivity index (χ1n) is 20.8. The largest absolute Gasteiger partial charge is 0.480 e. The van der Waals surface area contributed by atoms with E-state index in [-0.39, 0.29) is 56.6 Å². The molecule has 0 saturated carbocycles. The molecule has 2 heterocycles. The number of nitrogens with one attached hydrogen (secondary N) is 6. The Labute approximate surface area is 357 Å². The number of carboxylic acids is 1. The van der Waals surface area contributed by atoms with Crippen LogP contribution >= 0.6 is 0 Å². The monoisotopic (exact) mass is 854 g/mol. The molecule has 20 nitrogen and oxygen atoms in total. The Kier molecular flexibility index (Phi) is 18.8. The number of aromatic amines is 1. The number of nitrogens with two attached hydrogens (primary N) is 4. The highest BCUT2D eigenvalue weighted by atomic mass is 16.4. The van der Waals surface area contributed by atoms with Gasteiger partial charge in [-0.05, 0) is 81.0 Å². The highest BCUT2D eigenvalue weighted by Gasteiger charge is 2.41. The molecule has 0 spiro atoms. The molecule has 338 valence electrons. The molecule has 1 saturated heterocycles. The van der Waals surface area contributed by atoms with E-state index in [1.54, 1.807) is 34.0 Å². The number of aromatic nitrogens is 1. The summed E-state index contributed by atoms with van der Waals surface area (Å²) in [6.45, 7) is 9.64. The zero-order valence-corrected chi connectivity index (χ0v) is 36.3. The standard InChI is InChI=1S/C41H67N13O7/c1-23(2)21-30(38(60)61)52-36(58)32(41(3,4)5)53-34(56)29(22-24-11-7-12-26-25(24)16-19-47-26)51-35(57)31-15-10-20-54(31)37(59)28(14-9-18-49-40(44)45)50-33(55)27(46-6)13-8-17-48-39(42)43/h7,11-12,16,19,23,27-32,46-47H,8-10,13-15,17-18,20-22H2,1-6H3,(H,50,55)(H,51,57)(H,52,58)(H,53,56)(H,60,61)(H4,42,43,48)(H4,44,45,49)/t27-,28?,29-,30-,31-,32+/m0/s1. The molecule has 3 rings (SSSR count). The summed E-state index contributed by atoms with van der Waals surface area (Å²) in [6.07, 6.45) is 4.11. The summed E-state index contributed by atoms with van der Waals surface area (Å²) in [5.74, 6) is -4.26. The topological polar surface area (TPSA) is 331 Å². The van der Waals surface area contributed by atoms with Crippen LogP contribution in [-0.2, 0) is 35.2 Å². The lowest BCUT2D eigenvalue weighted by Crippen LogP contribution is -2.61. The number of likely N-dealkylation sites (N-methyl/N-ethyl adjacent to an activating group) is 1. The van der Waals surface area contributed by atoms with Gasteiger partial charge in [0.05, 0.1) is 6.04 Å². The highest BCUT2D eigenvalue weighted by Crippen LogP contribution is 2.24. The Hall–Kier alpha value is -5.92. The number of hydrogen-bond donors (Lipinski definition) is 11. The van der Waals surface area contributed by atoms with Crippen molar-refractivity contribution < 1.29 is 33.9 Å². The zero-order valence-electron chi connectivity index (χ0n) is 36.3. The van der Waals surface area contributed by atoms with Crippen molar-refractivity contribution in [3.05, 3.63) is 36.0 Å². The van der Waals surface area contributed by atoms with E-state index in [1.165, 1.54) is 4.90 Å². The second-order valence-corrected chi connectivity index (χ2v) is 16.9. The summed E-state index contributed by atoms with van der Waals surface area (Å²) in [5.41, 5.74) is 22.5. The summed E-state index contributed by atoms with van der Waals surface area (Å²) in [5, 5.41) is 24.8. The van der Waals surface area contributed by atoms with Gasteiger partial charge < -0.3 is 64.5 Å². The number of carboxylic acid groups (broad SMARTS) is 1. The first-order chi connectivity index (χ1) is 28.7. The predicted octanol–water partition coefficient (Wildman–Crippen LogP) is -0.487. The van der Waals surface area contributed by atoms with Crippen molar-refractivity contribution in [3.63, 3.8) is 0 Å². The number of aliphatic carboxylic acids is 1. The van der Waals surface area contributed by atoms with E-state index < -0.39 is 77.2 Å². The van der Waals surface area contributed by atoms with Gasteiger partial charge in [0.2, 0.25) is 29.5 Å². The van der Waals surface area contributed by atoms with E-state index in [0.717, 1.165) is 16.5 Å². The van der Waals surface area contributed by atoms with Crippen molar-refractivity contribution in [1.82, 2.24) is 36.5 Å². The molecular weight excluding hydrogens is 787 g/mol. The number of guanidine groups is 2. The molecule has 61 heavy (non-hydrogen) atoms. The van der Waals surface area contributed by atoms with Crippen molar-refractivity contribution in [2.75, 3.05) is 26.7 Å². The normalized spacial score (nSPS) is 16.4. The number of carbonyl (C=O) groups excluding carboxylic acids is 5. The molecule has 1 aromatic carbocycles. The van der Waals surface area contributed by atoms with E-state index in [4.69, 9.17) is 22.9 Å². The van der Waals surface area contributed by atoms with Gasteiger partial charge in [-0.25, -0.2) is 4.79 Å². The van der Waals surface area contributed by atoms with E-state index in [2.05, 4.69) is 41.6 Å². The second kappa shape index (κ2) is 23.2. The maximum absolute atomic E-state index is 14.4. The van der Waals surface area contributed by atoms with Crippen molar-refractivity contribution in [3.8, 4) is 0 Å².